The van der Waals surface area contributed by atoms with Gasteiger partial charge in [-0.2, -0.15) is 4.31 Å². The molecule has 0 spiro atoms. The molecule has 0 rings (SSSR count). The Bertz CT molecular complexity index is 169. The first-order valence-electron chi connectivity index (χ1n) is 1.53. The van der Waals surface area contributed by atoms with E-state index in [0.29, 0.717) is 0 Å². The van der Waals surface area contributed by atoms with Crippen molar-refractivity contribution in [2.75, 3.05) is 0 Å². The van der Waals surface area contributed by atoms with Crippen molar-refractivity contribution in [2.45, 2.75) is 0 Å². The summed E-state index contributed by atoms with van der Waals surface area (Å²) in [5.41, 5.74) is 0. The van der Waals surface area contributed by atoms with Gasteiger partial charge in [-0.25, -0.2) is 9.13 Å². The molecule has 64 valence electrons. The Hall–Kier alpha value is 2.60. The molecule has 0 aliphatic rings. The predicted molar refractivity (Wildman–Crippen MR) is 41.1 cm³/mol. The van der Waals surface area contributed by atoms with Crippen LogP contribution in [0.25, 0.3) is 0 Å². The van der Waals surface area contributed by atoms with Gasteiger partial charge in [0.15, 0.2) is 0 Å². The van der Waals surface area contributed by atoms with Crippen LogP contribution < -0.4 is 0 Å². The molecule has 0 aliphatic carbocycles. The van der Waals surface area contributed by atoms with Gasteiger partial charge in [0, 0.05) is 0 Å². The Balaban J connectivity index is -0.0000000213. The van der Waals surface area contributed by atoms with Crippen LogP contribution in [0.15, 0.2) is 0 Å². The van der Waals surface area contributed by atoms with Crippen molar-refractivity contribution in [2.24, 2.45) is 0 Å². The van der Waals surface area contributed by atoms with Crippen molar-refractivity contribution < 1.29 is 38.7 Å². The molecule has 0 aromatic heterocycles. The van der Waals surface area contributed by atoms with E-state index < -0.39 is 15.6 Å². The Morgan fingerprint density at radius 1 is 1.00 bits per heavy atom. The fourth-order valence-electron chi connectivity index (χ4n) is 0.139. The van der Waals surface area contributed by atoms with Gasteiger partial charge in [0.2, 0.25) is 0 Å². The van der Waals surface area contributed by atoms with E-state index in [9.17, 15) is 9.13 Å². The minimum Gasteiger partial charge on any atom is -1.00 e. The van der Waals surface area contributed by atoms with E-state index >= 15 is 0 Å². The van der Waals surface area contributed by atoms with Gasteiger partial charge in [0.05, 0.1) is 0 Å². The molecule has 0 radical (unpaired) electrons. The first-order valence-corrected chi connectivity index (χ1v) is 4.59. The zero-order valence-corrected chi connectivity index (χ0v) is 13.0. The van der Waals surface area contributed by atoms with Crippen LogP contribution in [-0.4, -0.2) is 91.5 Å². The van der Waals surface area contributed by atoms with Crippen molar-refractivity contribution in [1.29, 1.82) is 0 Å². The van der Waals surface area contributed by atoms with Gasteiger partial charge in [-0.05, 0) is 0 Å². The third-order valence-electron chi connectivity index (χ3n) is 0.213. The molecule has 0 aliphatic heterocycles. The standard InChI is InChI=1S/Ba.Mg.H4O7P2.4H/c;;1-8(2,3)7-9(4,5)6;;;;/h;;(H2,1,2,3)(H2,4,5,6);;;;/q2*+2;;4*-1. The van der Waals surface area contributed by atoms with Crippen LogP contribution in [0.3, 0.4) is 0 Å². The summed E-state index contributed by atoms with van der Waals surface area (Å²) in [5, 5.41) is 0. The summed E-state index contributed by atoms with van der Waals surface area (Å²) >= 11 is 0. The summed E-state index contributed by atoms with van der Waals surface area (Å²) in [6.45, 7) is 0. The molecule has 11 heavy (non-hydrogen) atoms. The average molecular weight is 344 g/mol. The molecular weight excluding hydrogens is 336 g/mol. The Morgan fingerprint density at radius 3 is 1.18 bits per heavy atom. The van der Waals surface area contributed by atoms with Gasteiger partial charge in [-0.1, -0.05) is 0 Å². The maximum Gasteiger partial charge on any atom is 2.00 e. The fraction of sp³-hybridized carbons (Fsp3) is 0. The van der Waals surface area contributed by atoms with Crippen LogP contribution in [0.1, 0.15) is 5.71 Å². The van der Waals surface area contributed by atoms with E-state index in [1.807, 2.05) is 0 Å². The third-order valence-corrected chi connectivity index (χ3v) is 1.91. The normalized spacial score (nSPS) is 11.3. The zero-order chi connectivity index (χ0) is 7.71. The van der Waals surface area contributed by atoms with Crippen LogP contribution in [0.5, 0.6) is 0 Å². The summed E-state index contributed by atoms with van der Waals surface area (Å²) in [7, 11) is -10.1. The first-order chi connectivity index (χ1) is 3.71. The van der Waals surface area contributed by atoms with Crippen molar-refractivity contribution >= 4 is 87.6 Å². The van der Waals surface area contributed by atoms with Gasteiger partial charge >= 0.3 is 87.6 Å². The molecule has 0 aromatic carbocycles. The van der Waals surface area contributed by atoms with Gasteiger partial charge in [0.1, 0.15) is 0 Å². The minimum atomic E-state index is -5.05. The Labute approximate surface area is 125 Å². The molecule has 0 saturated carbocycles. The van der Waals surface area contributed by atoms with E-state index in [1.54, 1.807) is 0 Å². The molecule has 4 N–H and O–H groups in total. The van der Waals surface area contributed by atoms with Gasteiger partial charge in [-0.3, -0.25) is 0 Å². The molecule has 0 fully saturated rings. The number of phosphoric acid groups is 2. The van der Waals surface area contributed by atoms with E-state index in [4.69, 9.17) is 19.6 Å². The maximum absolute atomic E-state index is 9.63. The summed E-state index contributed by atoms with van der Waals surface area (Å²) in [6, 6.07) is 0. The molecule has 11 heteroatoms. The smallest absolute Gasteiger partial charge is 1.00 e. The summed E-state index contributed by atoms with van der Waals surface area (Å²) in [5.74, 6) is 0. The molecule has 7 nitrogen and oxygen atoms in total. The van der Waals surface area contributed by atoms with E-state index in [1.165, 1.54) is 0 Å². The average Bonchev–Trinajstić information content (AvgIpc) is 1.14. The fourth-order valence-corrected chi connectivity index (χ4v) is 1.25. The number of rotatable bonds is 2. The van der Waals surface area contributed by atoms with E-state index in [0.717, 1.165) is 0 Å². The van der Waals surface area contributed by atoms with Crippen molar-refractivity contribution in [3.63, 3.8) is 0 Å². The van der Waals surface area contributed by atoms with Crippen LogP contribution in [0, 0.1) is 0 Å². The molecule has 0 saturated heterocycles. The molecule has 0 heterocycles. The second-order valence-electron chi connectivity index (χ2n) is 1.06. The third kappa shape index (κ3) is 19.1. The summed E-state index contributed by atoms with van der Waals surface area (Å²) in [6.07, 6.45) is 0. The van der Waals surface area contributed by atoms with Crippen molar-refractivity contribution in [1.82, 2.24) is 0 Å². The van der Waals surface area contributed by atoms with Crippen LogP contribution in [0.2, 0.25) is 0 Å². The second kappa shape index (κ2) is 6.96. The van der Waals surface area contributed by atoms with Crippen LogP contribution in [-0.2, 0) is 13.4 Å². The minimum absolute atomic E-state index is 0. The monoisotopic (exact) mass is 344 g/mol. The molecule has 0 bridgehead atoms. The second-order valence-corrected chi connectivity index (χ2v) is 3.68. The summed E-state index contributed by atoms with van der Waals surface area (Å²) in [4.78, 5) is 31.0. The molecule has 0 atom stereocenters. The molecule has 0 unspecified atom stereocenters. The predicted octanol–water partition coefficient (Wildman–Crippen LogP) is -1.12. The summed E-state index contributed by atoms with van der Waals surface area (Å²) < 4.78 is 22.2. The number of hydrogen-bond acceptors (Lipinski definition) is 3. The Morgan fingerprint density at radius 2 is 1.18 bits per heavy atom. The largest absolute Gasteiger partial charge is 2.00 e. The SMILES string of the molecule is O=P(O)(O)OP(=O)(O)O.[Ba+2].[H-].[H-].[H-].[H-].[Mg+2]. The van der Waals surface area contributed by atoms with E-state index in [2.05, 4.69) is 4.31 Å². The zero-order valence-electron chi connectivity index (χ0n) is 9.32. The first kappa shape index (κ1) is 19.2. The van der Waals surface area contributed by atoms with Crippen LogP contribution >= 0.6 is 15.6 Å². The molecule has 0 amide bonds. The topological polar surface area (TPSA) is 124 Å². The van der Waals surface area contributed by atoms with Gasteiger partial charge < -0.3 is 25.3 Å². The molecular formula is H8BaMgO7P2. The molecule has 0 aromatic rings. The van der Waals surface area contributed by atoms with Gasteiger partial charge in [-0.15, -0.1) is 0 Å². The van der Waals surface area contributed by atoms with Crippen molar-refractivity contribution in [3.05, 3.63) is 0 Å². The van der Waals surface area contributed by atoms with Gasteiger partial charge in [0.25, 0.3) is 0 Å². The Kier molecular flexibility index (Phi) is 12.2. The van der Waals surface area contributed by atoms with E-state index in [-0.39, 0.29) is 77.6 Å². The quantitative estimate of drug-likeness (QED) is 0.369. The maximum atomic E-state index is 9.63. The van der Waals surface area contributed by atoms with Crippen LogP contribution in [0.4, 0.5) is 0 Å². The number of hydrogen-bond donors (Lipinski definition) is 4. The van der Waals surface area contributed by atoms with Crippen molar-refractivity contribution in [3.8, 4) is 0 Å².